The highest BCUT2D eigenvalue weighted by Crippen LogP contribution is 2.34. The number of hydrogen-bond donors (Lipinski definition) is 3. The Hall–Kier alpha value is -3.07. The summed E-state index contributed by atoms with van der Waals surface area (Å²) in [6.07, 6.45) is 2.85. The van der Waals surface area contributed by atoms with Crippen molar-refractivity contribution < 1.29 is 0 Å². The molecule has 164 valence electrons. The SMILES string of the molecule is Nc1ncc(-c2cccc(-c3nc4ccccc4s3)c2)c(NCCCN2CCNCC2)n1. The summed E-state index contributed by atoms with van der Waals surface area (Å²) in [5.41, 5.74) is 10.0. The van der Waals surface area contributed by atoms with E-state index in [1.54, 1.807) is 17.5 Å². The zero-order chi connectivity index (χ0) is 21.8. The number of benzene rings is 2. The molecule has 32 heavy (non-hydrogen) atoms. The highest BCUT2D eigenvalue weighted by Gasteiger charge is 2.13. The maximum absolute atomic E-state index is 5.91. The van der Waals surface area contributed by atoms with E-state index in [9.17, 15) is 0 Å². The van der Waals surface area contributed by atoms with Gasteiger partial charge in [-0.15, -0.1) is 11.3 Å². The minimum absolute atomic E-state index is 0.278. The molecule has 1 aliphatic heterocycles. The van der Waals surface area contributed by atoms with Crippen LogP contribution in [0.5, 0.6) is 0 Å². The fourth-order valence-corrected chi connectivity index (χ4v) is 4.96. The first-order valence-electron chi connectivity index (χ1n) is 11.0. The lowest BCUT2D eigenvalue weighted by Gasteiger charge is -2.27. The van der Waals surface area contributed by atoms with Crippen molar-refractivity contribution in [3.63, 3.8) is 0 Å². The summed E-state index contributed by atoms with van der Waals surface area (Å²) in [7, 11) is 0. The van der Waals surface area contributed by atoms with E-state index in [1.807, 2.05) is 12.1 Å². The molecule has 2 aromatic carbocycles. The van der Waals surface area contributed by atoms with E-state index in [2.05, 4.69) is 61.9 Å². The molecule has 0 aliphatic carbocycles. The quantitative estimate of drug-likeness (QED) is 0.374. The Bertz CT molecular complexity index is 1170. The number of nitrogens with zero attached hydrogens (tertiary/aromatic N) is 4. The topological polar surface area (TPSA) is 92.0 Å². The van der Waals surface area contributed by atoms with Gasteiger partial charge >= 0.3 is 0 Å². The van der Waals surface area contributed by atoms with E-state index < -0.39 is 0 Å². The van der Waals surface area contributed by atoms with Gasteiger partial charge in [0.15, 0.2) is 0 Å². The predicted octanol–water partition coefficient (Wildman–Crippen LogP) is 3.71. The maximum Gasteiger partial charge on any atom is 0.221 e. The fraction of sp³-hybridized carbons (Fsp3) is 0.292. The Morgan fingerprint density at radius 2 is 1.88 bits per heavy atom. The zero-order valence-electron chi connectivity index (χ0n) is 17.9. The number of para-hydroxylation sites is 1. The van der Waals surface area contributed by atoms with Crippen LogP contribution in [0.15, 0.2) is 54.7 Å². The number of rotatable bonds is 7. The third kappa shape index (κ3) is 4.72. The molecular formula is C24H27N7S. The lowest BCUT2D eigenvalue weighted by molar-refractivity contribution is 0.240. The summed E-state index contributed by atoms with van der Waals surface area (Å²) < 4.78 is 1.19. The molecule has 5 rings (SSSR count). The largest absolute Gasteiger partial charge is 0.369 e. The molecule has 4 aromatic rings. The molecule has 0 atom stereocenters. The van der Waals surface area contributed by atoms with Crippen LogP contribution < -0.4 is 16.4 Å². The van der Waals surface area contributed by atoms with Crippen LogP contribution in [0.1, 0.15) is 6.42 Å². The molecule has 4 N–H and O–H groups in total. The molecule has 0 spiro atoms. The molecular weight excluding hydrogens is 418 g/mol. The van der Waals surface area contributed by atoms with Gasteiger partial charge in [0.25, 0.3) is 0 Å². The van der Waals surface area contributed by atoms with E-state index in [4.69, 9.17) is 10.7 Å². The van der Waals surface area contributed by atoms with E-state index in [0.29, 0.717) is 0 Å². The first-order chi connectivity index (χ1) is 15.8. The van der Waals surface area contributed by atoms with Crippen LogP contribution in [0.3, 0.4) is 0 Å². The number of piperazine rings is 1. The minimum Gasteiger partial charge on any atom is -0.369 e. The normalized spacial score (nSPS) is 14.6. The lowest BCUT2D eigenvalue weighted by Crippen LogP contribution is -2.44. The monoisotopic (exact) mass is 445 g/mol. The number of anilines is 2. The summed E-state index contributed by atoms with van der Waals surface area (Å²) in [6.45, 7) is 6.30. The average molecular weight is 446 g/mol. The lowest BCUT2D eigenvalue weighted by atomic mass is 10.0. The van der Waals surface area contributed by atoms with Gasteiger partial charge in [0.05, 0.1) is 10.2 Å². The molecule has 0 bridgehead atoms. The number of hydrogen-bond acceptors (Lipinski definition) is 8. The van der Waals surface area contributed by atoms with Gasteiger partial charge in [0, 0.05) is 50.0 Å². The standard InChI is InChI=1S/C24H27N7S/c25-24-28-16-19(22(30-24)27-9-4-12-31-13-10-26-11-14-31)17-5-3-6-18(15-17)23-29-20-7-1-2-8-21(20)32-23/h1-3,5-8,15-16,26H,4,9-14H2,(H3,25,27,28,30). The molecule has 1 aliphatic rings. The summed E-state index contributed by atoms with van der Waals surface area (Å²) in [4.78, 5) is 16.0. The van der Waals surface area contributed by atoms with Crippen molar-refractivity contribution in [3.05, 3.63) is 54.7 Å². The van der Waals surface area contributed by atoms with Gasteiger partial charge < -0.3 is 21.3 Å². The van der Waals surface area contributed by atoms with Gasteiger partial charge in [-0.1, -0.05) is 30.3 Å². The van der Waals surface area contributed by atoms with E-state index in [0.717, 1.165) is 78.7 Å². The summed E-state index contributed by atoms with van der Waals surface area (Å²) in [6, 6.07) is 16.6. The van der Waals surface area contributed by atoms with Crippen molar-refractivity contribution >= 4 is 33.3 Å². The van der Waals surface area contributed by atoms with Crippen LogP contribution in [0.25, 0.3) is 31.9 Å². The molecule has 2 aromatic heterocycles. The molecule has 0 amide bonds. The number of aromatic nitrogens is 3. The summed E-state index contributed by atoms with van der Waals surface area (Å²) in [5, 5.41) is 7.89. The van der Waals surface area contributed by atoms with Crippen LogP contribution >= 0.6 is 11.3 Å². The van der Waals surface area contributed by atoms with Crippen LogP contribution in [-0.4, -0.2) is 59.1 Å². The van der Waals surface area contributed by atoms with Gasteiger partial charge in [0.1, 0.15) is 10.8 Å². The first kappa shape index (κ1) is 20.8. The predicted molar refractivity (Wildman–Crippen MR) is 133 cm³/mol. The molecule has 0 radical (unpaired) electrons. The fourth-order valence-electron chi connectivity index (χ4n) is 4.00. The van der Waals surface area contributed by atoms with E-state index in [1.165, 1.54) is 4.70 Å². The van der Waals surface area contributed by atoms with Crippen molar-refractivity contribution in [2.24, 2.45) is 0 Å². The van der Waals surface area contributed by atoms with Crippen molar-refractivity contribution in [2.75, 3.05) is 50.3 Å². The third-order valence-electron chi connectivity index (χ3n) is 5.67. The highest BCUT2D eigenvalue weighted by molar-refractivity contribution is 7.21. The van der Waals surface area contributed by atoms with Gasteiger partial charge in [-0.25, -0.2) is 9.97 Å². The highest BCUT2D eigenvalue weighted by atomic mass is 32.1. The minimum atomic E-state index is 0.278. The smallest absolute Gasteiger partial charge is 0.221 e. The molecule has 8 heteroatoms. The van der Waals surface area contributed by atoms with Crippen molar-refractivity contribution in [2.45, 2.75) is 6.42 Å². The van der Waals surface area contributed by atoms with Gasteiger partial charge in [-0.2, -0.15) is 4.98 Å². The number of nitrogens with one attached hydrogen (secondary N) is 2. The Morgan fingerprint density at radius 3 is 2.75 bits per heavy atom. The number of thiazole rings is 1. The van der Waals surface area contributed by atoms with Crippen LogP contribution in [0.2, 0.25) is 0 Å². The number of nitrogen functional groups attached to an aromatic ring is 1. The van der Waals surface area contributed by atoms with Gasteiger partial charge in [-0.05, 0) is 36.7 Å². The van der Waals surface area contributed by atoms with Crippen molar-refractivity contribution in [1.29, 1.82) is 0 Å². The maximum atomic E-state index is 5.91. The second-order valence-corrected chi connectivity index (χ2v) is 8.96. The van der Waals surface area contributed by atoms with Gasteiger partial charge in [-0.3, -0.25) is 0 Å². The van der Waals surface area contributed by atoms with Crippen LogP contribution in [0, 0.1) is 0 Å². The average Bonchev–Trinajstić information content (AvgIpc) is 3.27. The molecule has 3 heterocycles. The third-order valence-corrected chi connectivity index (χ3v) is 6.76. The number of fused-ring (bicyclic) bond motifs is 1. The molecule has 1 saturated heterocycles. The Balaban J connectivity index is 1.34. The van der Waals surface area contributed by atoms with E-state index in [-0.39, 0.29) is 5.95 Å². The number of nitrogens with two attached hydrogens (primary N) is 1. The second-order valence-electron chi connectivity index (χ2n) is 7.93. The Labute approximate surface area is 191 Å². The molecule has 0 unspecified atom stereocenters. The Morgan fingerprint density at radius 1 is 1.03 bits per heavy atom. The van der Waals surface area contributed by atoms with Crippen molar-refractivity contribution in [3.8, 4) is 21.7 Å². The van der Waals surface area contributed by atoms with E-state index >= 15 is 0 Å². The van der Waals surface area contributed by atoms with Crippen molar-refractivity contribution in [1.82, 2.24) is 25.2 Å². The summed E-state index contributed by atoms with van der Waals surface area (Å²) >= 11 is 1.70. The van der Waals surface area contributed by atoms with Gasteiger partial charge in [0.2, 0.25) is 5.95 Å². The summed E-state index contributed by atoms with van der Waals surface area (Å²) in [5.74, 6) is 1.06. The molecule has 1 fully saturated rings. The Kier molecular flexibility index (Phi) is 6.24. The zero-order valence-corrected chi connectivity index (χ0v) is 18.7. The van der Waals surface area contributed by atoms with Crippen LogP contribution in [-0.2, 0) is 0 Å². The van der Waals surface area contributed by atoms with Crippen LogP contribution in [0.4, 0.5) is 11.8 Å². The molecule has 0 saturated carbocycles. The molecule has 7 nitrogen and oxygen atoms in total. The second kappa shape index (κ2) is 9.60. The first-order valence-corrected chi connectivity index (χ1v) is 11.8.